The lowest BCUT2D eigenvalue weighted by Gasteiger charge is -2.22. The number of aromatic nitrogens is 1. The Kier molecular flexibility index (Phi) is 7.74. The van der Waals surface area contributed by atoms with Crippen molar-refractivity contribution >= 4 is 10.9 Å². The van der Waals surface area contributed by atoms with E-state index in [2.05, 4.69) is 38.6 Å². The molecule has 0 fully saturated rings. The van der Waals surface area contributed by atoms with Gasteiger partial charge in [-0.15, -0.1) is 0 Å². The average molecular weight is 412 g/mol. The molecule has 162 valence electrons. The van der Waals surface area contributed by atoms with Crippen molar-refractivity contribution in [3.63, 3.8) is 0 Å². The van der Waals surface area contributed by atoms with Crippen molar-refractivity contribution in [3.05, 3.63) is 60.3 Å². The Morgan fingerprint density at radius 1 is 1.03 bits per heavy atom. The minimum Gasteiger partial charge on any atom is -0.493 e. The number of likely N-dealkylation sites (N-methyl/N-ethyl adjacent to an activating group) is 2. The van der Waals surface area contributed by atoms with E-state index < -0.39 is 6.10 Å². The number of rotatable bonds is 11. The van der Waals surface area contributed by atoms with Gasteiger partial charge in [0.15, 0.2) is 11.5 Å². The first kappa shape index (κ1) is 22.2. The van der Waals surface area contributed by atoms with Gasteiger partial charge in [0.1, 0.15) is 6.61 Å². The molecule has 0 aliphatic heterocycles. The van der Waals surface area contributed by atoms with E-state index in [-0.39, 0.29) is 0 Å². The molecule has 3 aromatic rings. The van der Waals surface area contributed by atoms with Crippen LogP contribution in [0.15, 0.2) is 54.7 Å². The summed E-state index contributed by atoms with van der Waals surface area (Å²) in [4.78, 5) is 4.20. The zero-order valence-corrected chi connectivity index (χ0v) is 18.4. The van der Waals surface area contributed by atoms with E-state index in [1.54, 1.807) is 7.11 Å². The highest BCUT2D eigenvalue weighted by Gasteiger charge is 2.13. The molecule has 1 aromatic heterocycles. The van der Waals surface area contributed by atoms with Crippen molar-refractivity contribution in [2.24, 2.45) is 0 Å². The number of aliphatic hydroxyl groups is 1. The minimum atomic E-state index is -0.457. The van der Waals surface area contributed by atoms with Gasteiger partial charge in [0, 0.05) is 37.9 Å². The van der Waals surface area contributed by atoms with Crippen LogP contribution in [0.25, 0.3) is 10.9 Å². The van der Waals surface area contributed by atoms with Crippen LogP contribution in [-0.4, -0.2) is 73.5 Å². The zero-order chi connectivity index (χ0) is 21.5. The van der Waals surface area contributed by atoms with Crippen LogP contribution < -0.4 is 9.47 Å². The molecule has 1 N–H and O–H groups in total. The maximum Gasteiger partial charge on any atom is 0.161 e. The van der Waals surface area contributed by atoms with Gasteiger partial charge in [-0.2, -0.15) is 0 Å². The number of methoxy groups -OCH3 is 1. The number of ether oxygens (including phenoxy) is 2. The Morgan fingerprint density at radius 2 is 1.83 bits per heavy atom. The maximum atomic E-state index is 10.6. The van der Waals surface area contributed by atoms with Crippen molar-refractivity contribution in [2.45, 2.75) is 19.2 Å². The molecule has 0 saturated carbocycles. The van der Waals surface area contributed by atoms with Crippen LogP contribution in [0.3, 0.4) is 0 Å². The first-order valence-electron chi connectivity index (χ1n) is 10.3. The van der Waals surface area contributed by atoms with Gasteiger partial charge in [0.2, 0.25) is 0 Å². The fourth-order valence-corrected chi connectivity index (χ4v) is 3.59. The van der Waals surface area contributed by atoms with Gasteiger partial charge in [0.05, 0.1) is 13.2 Å². The van der Waals surface area contributed by atoms with E-state index in [0.29, 0.717) is 19.7 Å². The Bertz CT molecular complexity index is 938. The number of hydrogen-bond donors (Lipinski definition) is 1. The summed E-state index contributed by atoms with van der Waals surface area (Å²) in [5.41, 5.74) is 2.27. The molecule has 6 nitrogen and oxygen atoms in total. The molecule has 0 amide bonds. The summed E-state index contributed by atoms with van der Waals surface area (Å²) in [5.74, 6) is 1.49. The maximum absolute atomic E-state index is 10.6. The average Bonchev–Trinajstić information content (AvgIpc) is 3.11. The first-order valence-corrected chi connectivity index (χ1v) is 10.3. The lowest BCUT2D eigenvalue weighted by atomic mass is 10.2. The number of hydrogen-bond acceptors (Lipinski definition) is 5. The summed E-state index contributed by atoms with van der Waals surface area (Å²) >= 11 is 0. The van der Waals surface area contributed by atoms with Crippen molar-refractivity contribution in [3.8, 4) is 11.5 Å². The number of para-hydroxylation sites is 1. The third kappa shape index (κ3) is 5.98. The molecule has 1 heterocycles. The third-order valence-electron chi connectivity index (χ3n) is 5.09. The number of benzene rings is 2. The second kappa shape index (κ2) is 10.5. The Morgan fingerprint density at radius 3 is 2.60 bits per heavy atom. The lowest BCUT2D eigenvalue weighted by molar-refractivity contribution is 0.108. The third-order valence-corrected chi connectivity index (χ3v) is 5.09. The van der Waals surface area contributed by atoms with Gasteiger partial charge in [0.25, 0.3) is 0 Å². The van der Waals surface area contributed by atoms with Gasteiger partial charge in [-0.3, -0.25) is 4.90 Å². The fraction of sp³-hybridized carbons (Fsp3) is 0.417. The van der Waals surface area contributed by atoms with Crippen LogP contribution in [0, 0.1) is 0 Å². The standard InChI is InChI=1S/C24H33N3O3/c1-25(2)13-14-30-23-10-9-19(15-24(23)29-4)16-26(3)17-21(28)18-27-12-11-20-7-5-6-8-22(20)27/h5-12,15,21,28H,13-14,16-18H2,1-4H3. The van der Waals surface area contributed by atoms with Crippen molar-refractivity contribution in [2.75, 3.05) is 47.9 Å². The van der Waals surface area contributed by atoms with Crippen LogP contribution >= 0.6 is 0 Å². The molecule has 0 radical (unpaired) electrons. The van der Waals surface area contributed by atoms with E-state index in [0.717, 1.165) is 35.7 Å². The predicted octanol–water partition coefficient (Wildman–Crippen LogP) is 3.08. The SMILES string of the molecule is COc1cc(CN(C)CC(O)Cn2ccc3ccccc32)ccc1OCCN(C)C. The molecule has 6 heteroatoms. The molecular weight excluding hydrogens is 378 g/mol. The summed E-state index contributed by atoms with van der Waals surface area (Å²) in [7, 11) is 7.72. The highest BCUT2D eigenvalue weighted by atomic mass is 16.5. The number of aliphatic hydroxyl groups excluding tert-OH is 1. The molecule has 1 atom stereocenters. The topological polar surface area (TPSA) is 50.1 Å². The molecule has 30 heavy (non-hydrogen) atoms. The van der Waals surface area contributed by atoms with Crippen LogP contribution in [0.1, 0.15) is 5.56 Å². The molecule has 3 rings (SSSR count). The molecule has 2 aromatic carbocycles. The van der Waals surface area contributed by atoms with Crippen LogP contribution in [0.5, 0.6) is 11.5 Å². The smallest absolute Gasteiger partial charge is 0.161 e. The summed E-state index contributed by atoms with van der Waals surface area (Å²) in [5, 5.41) is 11.8. The van der Waals surface area contributed by atoms with Crippen molar-refractivity contribution in [1.82, 2.24) is 14.4 Å². The van der Waals surface area contributed by atoms with E-state index >= 15 is 0 Å². The predicted molar refractivity (Wildman–Crippen MR) is 121 cm³/mol. The summed E-state index contributed by atoms with van der Waals surface area (Å²) in [6, 6.07) is 16.3. The van der Waals surface area contributed by atoms with Crippen LogP contribution in [0.2, 0.25) is 0 Å². The molecule has 0 bridgehead atoms. The molecule has 0 spiro atoms. The summed E-state index contributed by atoms with van der Waals surface area (Å²) in [6.45, 7) is 3.33. The van der Waals surface area contributed by atoms with Crippen LogP contribution in [0.4, 0.5) is 0 Å². The highest BCUT2D eigenvalue weighted by Crippen LogP contribution is 2.28. The second-order valence-electron chi connectivity index (χ2n) is 8.01. The van der Waals surface area contributed by atoms with E-state index in [4.69, 9.17) is 9.47 Å². The van der Waals surface area contributed by atoms with Crippen LogP contribution in [-0.2, 0) is 13.1 Å². The zero-order valence-electron chi connectivity index (χ0n) is 18.4. The molecular formula is C24H33N3O3. The van der Waals surface area contributed by atoms with Crippen molar-refractivity contribution in [1.29, 1.82) is 0 Å². The minimum absolute atomic E-state index is 0.457. The molecule has 1 unspecified atom stereocenters. The largest absolute Gasteiger partial charge is 0.493 e. The Labute approximate surface area is 179 Å². The monoisotopic (exact) mass is 411 g/mol. The van der Waals surface area contributed by atoms with E-state index in [1.807, 2.05) is 51.6 Å². The van der Waals surface area contributed by atoms with E-state index in [1.165, 1.54) is 5.39 Å². The van der Waals surface area contributed by atoms with Gasteiger partial charge >= 0.3 is 0 Å². The fourth-order valence-electron chi connectivity index (χ4n) is 3.59. The van der Waals surface area contributed by atoms with Crippen molar-refractivity contribution < 1.29 is 14.6 Å². The summed E-state index contributed by atoms with van der Waals surface area (Å²) < 4.78 is 13.4. The molecule has 0 aliphatic rings. The molecule has 0 aliphatic carbocycles. The number of nitrogens with zero attached hydrogens (tertiary/aromatic N) is 3. The lowest BCUT2D eigenvalue weighted by Crippen LogP contribution is -2.31. The Balaban J connectivity index is 1.55. The Hall–Kier alpha value is -2.54. The van der Waals surface area contributed by atoms with Gasteiger partial charge in [-0.1, -0.05) is 24.3 Å². The summed E-state index contributed by atoms with van der Waals surface area (Å²) in [6.07, 6.45) is 1.58. The number of fused-ring (bicyclic) bond motifs is 1. The molecule has 0 saturated heterocycles. The normalized spacial score (nSPS) is 12.6. The van der Waals surface area contributed by atoms with E-state index in [9.17, 15) is 5.11 Å². The quantitative estimate of drug-likeness (QED) is 0.526. The van der Waals surface area contributed by atoms with Gasteiger partial charge in [-0.05, 0) is 56.4 Å². The van der Waals surface area contributed by atoms with Gasteiger partial charge < -0.3 is 24.0 Å². The second-order valence-corrected chi connectivity index (χ2v) is 8.01. The van der Waals surface area contributed by atoms with Gasteiger partial charge in [-0.25, -0.2) is 0 Å². The highest BCUT2D eigenvalue weighted by molar-refractivity contribution is 5.79. The first-order chi connectivity index (χ1) is 14.5.